The van der Waals surface area contributed by atoms with Crippen LogP contribution in [0.2, 0.25) is 0 Å². The minimum Gasteiger partial charge on any atom is -0.480 e. The molecule has 0 unspecified atom stereocenters. The summed E-state index contributed by atoms with van der Waals surface area (Å²) < 4.78 is 0. The van der Waals surface area contributed by atoms with Gasteiger partial charge in [0.1, 0.15) is 12.1 Å². The van der Waals surface area contributed by atoms with Crippen LogP contribution in [0.5, 0.6) is 0 Å². The number of amides is 3. The van der Waals surface area contributed by atoms with Gasteiger partial charge in [-0.05, 0) is 38.6 Å². The highest BCUT2D eigenvalue weighted by molar-refractivity contribution is 5.92. The third-order valence-corrected chi connectivity index (χ3v) is 4.92. The van der Waals surface area contributed by atoms with Crippen LogP contribution in [0.25, 0.3) is 0 Å². The van der Waals surface area contributed by atoms with Crippen molar-refractivity contribution in [3.8, 4) is 0 Å². The highest BCUT2D eigenvalue weighted by Crippen LogP contribution is 2.04. The molecule has 1 heterocycles. The van der Waals surface area contributed by atoms with Gasteiger partial charge in [0.15, 0.2) is 5.96 Å². The normalized spacial score (nSPS) is 13.2. The molecule has 3 atom stereocenters. The second-order valence-electron chi connectivity index (χ2n) is 7.86. The van der Waals surface area contributed by atoms with Crippen molar-refractivity contribution in [1.29, 1.82) is 0 Å². The molecule has 0 saturated carbocycles. The van der Waals surface area contributed by atoms with Gasteiger partial charge in [0.2, 0.25) is 17.7 Å². The number of aliphatic imine (C=N–C) groups is 1. The van der Waals surface area contributed by atoms with E-state index in [2.05, 4.69) is 30.9 Å². The lowest BCUT2D eigenvalue weighted by Crippen LogP contribution is -2.53. The molecule has 15 heteroatoms. The Labute approximate surface area is 202 Å². The van der Waals surface area contributed by atoms with E-state index in [-0.39, 0.29) is 18.8 Å². The number of nitrogens with two attached hydrogens (primary N) is 4. The van der Waals surface area contributed by atoms with Gasteiger partial charge in [-0.15, -0.1) is 0 Å². The van der Waals surface area contributed by atoms with E-state index >= 15 is 0 Å². The molecule has 0 aliphatic heterocycles. The molecule has 1 rings (SSSR count). The molecule has 13 N–H and O–H groups in total. The van der Waals surface area contributed by atoms with E-state index in [4.69, 9.17) is 22.9 Å². The van der Waals surface area contributed by atoms with Gasteiger partial charge in [-0.2, -0.15) is 0 Å². The van der Waals surface area contributed by atoms with E-state index in [1.54, 1.807) is 0 Å². The number of carboxylic acid groups (broad SMARTS) is 1. The van der Waals surface area contributed by atoms with Crippen molar-refractivity contribution in [2.24, 2.45) is 27.9 Å². The Balaban J connectivity index is 2.61. The third kappa shape index (κ3) is 12.4. The number of aliphatic carboxylic acids is 1. The van der Waals surface area contributed by atoms with Gasteiger partial charge in [-0.1, -0.05) is 0 Å². The lowest BCUT2D eigenvalue weighted by Gasteiger charge is -2.21. The van der Waals surface area contributed by atoms with E-state index in [0.29, 0.717) is 44.5 Å². The fourth-order valence-corrected chi connectivity index (χ4v) is 3.04. The summed E-state index contributed by atoms with van der Waals surface area (Å²) in [5, 5.41) is 16.7. The number of carbonyl (C=O) groups excluding carboxylic acids is 3. The molecule has 0 aliphatic carbocycles. The second-order valence-corrected chi connectivity index (χ2v) is 7.86. The van der Waals surface area contributed by atoms with E-state index in [1.807, 2.05) is 0 Å². The first kappa shape index (κ1) is 29.3. The predicted octanol–water partition coefficient (Wildman–Crippen LogP) is -3.37. The number of carboxylic acids is 1. The molecule has 1 aromatic rings. The number of aromatic nitrogens is 2. The maximum atomic E-state index is 12.7. The molecule has 1 aromatic heterocycles. The lowest BCUT2D eigenvalue weighted by molar-refractivity contribution is -0.141. The SMILES string of the molecule is NCCCC[C@H](NC(=O)[C@@H](N)CCCN=C(N)N)C(=O)NCC(=O)N[C@@H](Cc1cnc[nH]1)C(=O)O. The number of hydrogen-bond acceptors (Lipinski definition) is 8. The van der Waals surface area contributed by atoms with E-state index in [0.717, 1.165) is 0 Å². The molecular formula is C20H36N10O5. The quantitative estimate of drug-likeness (QED) is 0.0586. The van der Waals surface area contributed by atoms with Gasteiger partial charge in [-0.25, -0.2) is 9.78 Å². The molecule has 0 aliphatic rings. The second kappa shape index (κ2) is 16.0. The van der Waals surface area contributed by atoms with Crippen molar-refractivity contribution >= 4 is 29.7 Å². The number of hydrogen-bond donors (Lipinski definition) is 9. The Morgan fingerprint density at radius 1 is 1.06 bits per heavy atom. The van der Waals surface area contributed by atoms with Crippen LogP contribution in [0.3, 0.4) is 0 Å². The Morgan fingerprint density at radius 3 is 2.40 bits per heavy atom. The number of nitrogens with one attached hydrogen (secondary N) is 4. The van der Waals surface area contributed by atoms with Crippen molar-refractivity contribution in [3.63, 3.8) is 0 Å². The van der Waals surface area contributed by atoms with Crippen molar-refractivity contribution in [1.82, 2.24) is 25.9 Å². The number of H-pyrrole nitrogens is 1. The van der Waals surface area contributed by atoms with Crippen molar-refractivity contribution in [2.45, 2.75) is 56.7 Å². The van der Waals surface area contributed by atoms with Crippen LogP contribution < -0.4 is 38.9 Å². The smallest absolute Gasteiger partial charge is 0.326 e. The predicted molar refractivity (Wildman–Crippen MR) is 128 cm³/mol. The molecule has 196 valence electrons. The van der Waals surface area contributed by atoms with Crippen LogP contribution in [0.4, 0.5) is 0 Å². The zero-order valence-corrected chi connectivity index (χ0v) is 19.5. The first-order chi connectivity index (χ1) is 16.6. The van der Waals surface area contributed by atoms with Gasteiger partial charge in [0.25, 0.3) is 0 Å². The lowest BCUT2D eigenvalue weighted by atomic mass is 10.1. The molecular weight excluding hydrogens is 460 g/mol. The molecule has 15 nitrogen and oxygen atoms in total. The number of unbranched alkanes of at least 4 members (excludes halogenated alkanes) is 1. The number of nitrogens with zero attached hydrogens (tertiary/aromatic N) is 2. The van der Waals surface area contributed by atoms with Gasteiger partial charge < -0.3 is 49.0 Å². The first-order valence-electron chi connectivity index (χ1n) is 11.2. The number of rotatable bonds is 17. The van der Waals surface area contributed by atoms with Gasteiger partial charge in [0, 0.05) is 24.9 Å². The average Bonchev–Trinajstić information content (AvgIpc) is 3.32. The van der Waals surface area contributed by atoms with Crippen LogP contribution in [0.1, 0.15) is 37.8 Å². The Kier molecular flexibility index (Phi) is 13.4. The maximum Gasteiger partial charge on any atom is 0.326 e. The molecule has 0 aromatic carbocycles. The summed E-state index contributed by atoms with van der Waals surface area (Å²) in [6.45, 7) is 0.262. The fraction of sp³-hybridized carbons (Fsp3) is 0.600. The summed E-state index contributed by atoms with van der Waals surface area (Å²) in [4.78, 5) is 59.2. The summed E-state index contributed by atoms with van der Waals surface area (Å²) in [6, 6.07) is -3.03. The molecule has 0 fully saturated rings. The highest BCUT2D eigenvalue weighted by atomic mass is 16.4. The van der Waals surface area contributed by atoms with E-state index < -0.39 is 48.4 Å². The number of carbonyl (C=O) groups is 4. The third-order valence-electron chi connectivity index (χ3n) is 4.92. The van der Waals surface area contributed by atoms with E-state index in [1.165, 1.54) is 12.5 Å². The molecule has 0 saturated heterocycles. The summed E-state index contributed by atoms with van der Waals surface area (Å²) in [6.07, 6.45) is 5.09. The Bertz CT molecular complexity index is 841. The molecule has 3 amide bonds. The zero-order valence-electron chi connectivity index (χ0n) is 19.5. The fourth-order valence-electron chi connectivity index (χ4n) is 3.04. The Hall–Kier alpha value is -3.72. The summed E-state index contributed by atoms with van der Waals surface area (Å²) in [5.41, 5.74) is 22.4. The summed E-state index contributed by atoms with van der Waals surface area (Å²) >= 11 is 0. The van der Waals surface area contributed by atoms with Crippen molar-refractivity contribution in [2.75, 3.05) is 19.6 Å². The van der Waals surface area contributed by atoms with Crippen molar-refractivity contribution in [3.05, 3.63) is 18.2 Å². The highest BCUT2D eigenvalue weighted by Gasteiger charge is 2.25. The standard InChI is InChI=1S/C20H36N10O5/c21-6-2-1-5-14(30-17(32)13(22)4-3-7-26-20(23)24)18(33)27-10-16(31)29-15(19(34)35)8-12-9-25-11-28-12/h9,11,13-15H,1-8,10,21-22H2,(H,25,28)(H,27,33)(H,29,31)(H,30,32)(H,34,35)(H4,23,24,26)/t13-,14-,15-/m0/s1. The van der Waals surface area contributed by atoms with Crippen LogP contribution in [0, 0.1) is 0 Å². The minimum atomic E-state index is -1.24. The van der Waals surface area contributed by atoms with Crippen LogP contribution in [-0.2, 0) is 25.6 Å². The monoisotopic (exact) mass is 496 g/mol. The number of guanidine groups is 1. The molecule has 35 heavy (non-hydrogen) atoms. The van der Waals surface area contributed by atoms with Crippen LogP contribution in [0.15, 0.2) is 17.5 Å². The number of imidazole rings is 1. The molecule has 0 bridgehead atoms. The van der Waals surface area contributed by atoms with Gasteiger partial charge in [-0.3, -0.25) is 19.4 Å². The average molecular weight is 497 g/mol. The van der Waals surface area contributed by atoms with Gasteiger partial charge in [0.05, 0.1) is 18.9 Å². The first-order valence-corrected chi connectivity index (χ1v) is 11.2. The van der Waals surface area contributed by atoms with Gasteiger partial charge >= 0.3 is 5.97 Å². The van der Waals surface area contributed by atoms with Crippen LogP contribution >= 0.6 is 0 Å². The maximum absolute atomic E-state index is 12.7. The zero-order chi connectivity index (χ0) is 26.2. The minimum absolute atomic E-state index is 0.00609. The Morgan fingerprint density at radius 2 is 1.80 bits per heavy atom. The van der Waals surface area contributed by atoms with E-state index in [9.17, 15) is 24.3 Å². The molecule has 0 spiro atoms. The summed E-state index contributed by atoms with van der Waals surface area (Å²) in [7, 11) is 0. The number of aromatic amines is 1. The molecule has 0 radical (unpaired) electrons. The van der Waals surface area contributed by atoms with Crippen molar-refractivity contribution < 1.29 is 24.3 Å². The summed E-state index contributed by atoms with van der Waals surface area (Å²) in [5.74, 6) is -3.12. The van der Waals surface area contributed by atoms with Crippen LogP contribution in [-0.4, -0.2) is 82.5 Å². The largest absolute Gasteiger partial charge is 0.480 e. The topological polar surface area (TPSA) is 270 Å².